The third-order valence-electron chi connectivity index (χ3n) is 6.21. The number of carbonyl (C=O) groups is 1. The monoisotopic (exact) mass is 380 g/mol. The fourth-order valence-electron chi connectivity index (χ4n) is 3.16. The standard InChI is InChI=1S/C23H37ClO2/c1-9-16(10-2)20(21(24)25)26-19-14-13-17(22(5,6)11-3)15-18(19)23(7,8)12-4/h13-16,20H,9-12H2,1-8H3. The lowest BCUT2D eigenvalue weighted by Crippen LogP contribution is -2.33. The van der Waals surface area contributed by atoms with Gasteiger partial charge in [-0.15, -0.1) is 0 Å². The molecule has 148 valence electrons. The molecule has 0 fully saturated rings. The van der Waals surface area contributed by atoms with Gasteiger partial charge < -0.3 is 4.74 Å². The molecule has 0 N–H and O–H groups in total. The Morgan fingerprint density at radius 1 is 1.00 bits per heavy atom. The number of benzene rings is 1. The summed E-state index contributed by atoms with van der Waals surface area (Å²) in [6, 6.07) is 6.44. The van der Waals surface area contributed by atoms with E-state index < -0.39 is 11.3 Å². The maximum absolute atomic E-state index is 12.1. The molecule has 0 saturated heterocycles. The van der Waals surface area contributed by atoms with Crippen LogP contribution in [0.2, 0.25) is 0 Å². The van der Waals surface area contributed by atoms with Crippen LogP contribution in [0.1, 0.15) is 92.2 Å². The Labute approximate surface area is 165 Å². The molecule has 1 unspecified atom stereocenters. The molecule has 0 bridgehead atoms. The van der Waals surface area contributed by atoms with Crippen molar-refractivity contribution in [3.05, 3.63) is 29.3 Å². The molecule has 0 spiro atoms. The minimum atomic E-state index is -0.594. The van der Waals surface area contributed by atoms with Crippen LogP contribution < -0.4 is 4.74 Å². The van der Waals surface area contributed by atoms with Crippen molar-refractivity contribution in [3.63, 3.8) is 0 Å². The van der Waals surface area contributed by atoms with Crippen LogP contribution >= 0.6 is 11.6 Å². The van der Waals surface area contributed by atoms with Crippen molar-refractivity contribution < 1.29 is 9.53 Å². The molecular weight excluding hydrogens is 344 g/mol. The van der Waals surface area contributed by atoms with Gasteiger partial charge in [-0.2, -0.15) is 0 Å². The van der Waals surface area contributed by atoms with Crippen LogP contribution in [0.4, 0.5) is 0 Å². The second kappa shape index (κ2) is 9.26. The number of hydrogen-bond donors (Lipinski definition) is 0. The molecule has 0 aliphatic carbocycles. The lowest BCUT2D eigenvalue weighted by molar-refractivity contribution is -0.120. The Balaban J connectivity index is 3.43. The van der Waals surface area contributed by atoms with E-state index in [1.54, 1.807) is 0 Å². The van der Waals surface area contributed by atoms with Gasteiger partial charge in [-0.3, -0.25) is 4.79 Å². The summed E-state index contributed by atoms with van der Waals surface area (Å²) in [6.45, 7) is 17.5. The van der Waals surface area contributed by atoms with Crippen molar-refractivity contribution in [2.45, 2.75) is 98.0 Å². The Morgan fingerprint density at radius 2 is 1.54 bits per heavy atom. The maximum atomic E-state index is 12.1. The van der Waals surface area contributed by atoms with Gasteiger partial charge in [0.15, 0.2) is 6.10 Å². The third-order valence-corrected chi connectivity index (χ3v) is 6.43. The fourth-order valence-corrected chi connectivity index (χ4v) is 3.38. The van der Waals surface area contributed by atoms with Crippen LogP contribution in [0.3, 0.4) is 0 Å². The Kier molecular flexibility index (Phi) is 8.20. The van der Waals surface area contributed by atoms with Crippen molar-refractivity contribution in [2.75, 3.05) is 0 Å². The van der Waals surface area contributed by atoms with E-state index in [2.05, 4.69) is 67.5 Å². The normalized spacial score (nSPS) is 13.8. The zero-order chi connectivity index (χ0) is 20.1. The van der Waals surface area contributed by atoms with Gasteiger partial charge >= 0.3 is 0 Å². The summed E-state index contributed by atoms with van der Waals surface area (Å²) in [5.74, 6) is 0.919. The van der Waals surface area contributed by atoms with Crippen LogP contribution in [0, 0.1) is 5.92 Å². The quantitative estimate of drug-likeness (QED) is 0.408. The highest BCUT2D eigenvalue weighted by molar-refractivity contribution is 6.64. The van der Waals surface area contributed by atoms with E-state index >= 15 is 0 Å². The van der Waals surface area contributed by atoms with Gasteiger partial charge in [0.25, 0.3) is 5.24 Å². The molecule has 1 aromatic carbocycles. The van der Waals surface area contributed by atoms with Gasteiger partial charge in [0.1, 0.15) is 5.75 Å². The molecular formula is C23H37ClO2. The van der Waals surface area contributed by atoms with E-state index in [0.717, 1.165) is 37.0 Å². The fraction of sp³-hybridized carbons (Fsp3) is 0.696. The van der Waals surface area contributed by atoms with Crippen molar-refractivity contribution in [2.24, 2.45) is 5.92 Å². The second-order valence-electron chi connectivity index (χ2n) is 8.60. The number of hydrogen-bond acceptors (Lipinski definition) is 2. The Morgan fingerprint density at radius 3 is 1.96 bits per heavy atom. The van der Waals surface area contributed by atoms with Crippen molar-refractivity contribution in [3.8, 4) is 5.75 Å². The summed E-state index contributed by atoms with van der Waals surface area (Å²) in [6.07, 6.45) is 3.20. The predicted octanol–water partition coefficient (Wildman–Crippen LogP) is 7.01. The number of carbonyl (C=O) groups excluding carboxylic acids is 1. The number of halogens is 1. The third kappa shape index (κ3) is 5.25. The summed E-state index contributed by atoms with van der Waals surface area (Å²) < 4.78 is 6.26. The second-order valence-corrected chi connectivity index (χ2v) is 8.98. The van der Waals surface area contributed by atoms with E-state index in [0.29, 0.717) is 0 Å². The smallest absolute Gasteiger partial charge is 0.262 e. The topological polar surface area (TPSA) is 26.3 Å². The van der Waals surface area contributed by atoms with E-state index in [-0.39, 0.29) is 16.7 Å². The molecule has 3 heteroatoms. The van der Waals surface area contributed by atoms with E-state index in [4.69, 9.17) is 16.3 Å². The van der Waals surface area contributed by atoms with E-state index in [1.807, 2.05) is 6.07 Å². The highest BCUT2D eigenvalue weighted by atomic mass is 35.5. The molecule has 1 rings (SSSR count). The molecule has 0 radical (unpaired) electrons. The predicted molar refractivity (Wildman–Crippen MR) is 112 cm³/mol. The Hall–Kier alpha value is -1.02. The number of ether oxygens (including phenoxy) is 1. The maximum Gasteiger partial charge on any atom is 0.262 e. The lowest BCUT2D eigenvalue weighted by atomic mass is 9.76. The van der Waals surface area contributed by atoms with Crippen LogP contribution in [-0.4, -0.2) is 11.3 Å². The van der Waals surface area contributed by atoms with Gasteiger partial charge in [0.05, 0.1) is 0 Å². The molecule has 1 atom stereocenters. The van der Waals surface area contributed by atoms with Crippen molar-refractivity contribution in [1.29, 1.82) is 0 Å². The van der Waals surface area contributed by atoms with Crippen LogP contribution in [-0.2, 0) is 15.6 Å². The van der Waals surface area contributed by atoms with Crippen LogP contribution in [0.5, 0.6) is 5.75 Å². The van der Waals surface area contributed by atoms with Gasteiger partial charge in [-0.05, 0) is 59.7 Å². The molecule has 0 saturated carbocycles. The summed E-state index contributed by atoms with van der Waals surface area (Å²) in [4.78, 5) is 12.1. The summed E-state index contributed by atoms with van der Waals surface area (Å²) in [5, 5.41) is -0.406. The summed E-state index contributed by atoms with van der Waals surface area (Å²) in [5.41, 5.74) is 2.53. The molecule has 0 aliphatic heterocycles. The van der Waals surface area contributed by atoms with Crippen molar-refractivity contribution >= 4 is 16.8 Å². The first-order chi connectivity index (χ1) is 12.0. The summed E-state index contributed by atoms with van der Waals surface area (Å²) >= 11 is 5.91. The average molecular weight is 381 g/mol. The van der Waals surface area contributed by atoms with Crippen LogP contribution in [0.25, 0.3) is 0 Å². The largest absolute Gasteiger partial charge is 0.481 e. The zero-order valence-corrected chi connectivity index (χ0v) is 18.7. The average Bonchev–Trinajstić information content (AvgIpc) is 2.61. The minimum absolute atomic E-state index is 0.0387. The molecule has 0 amide bonds. The molecule has 2 nitrogen and oxygen atoms in total. The zero-order valence-electron chi connectivity index (χ0n) is 17.9. The first-order valence-electron chi connectivity index (χ1n) is 10.0. The van der Waals surface area contributed by atoms with Crippen molar-refractivity contribution in [1.82, 2.24) is 0 Å². The molecule has 26 heavy (non-hydrogen) atoms. The van der Waals surface area contributed by atoms with Gasteiger partial charge in [0, 0.05) is 11.5 Å². The molecule has 0 heterocycles. The highest BCUT2D eigenvalue weighted by Gasteiger charge is 2.31. The van der Waals surface area contributed by atoms with E-state index in [9.17, 15) is 4.79 Å². The molecule has 0 aliphatic rings. The van der Waals surface area contributed by atoms with E-state index in [1.165, 1.54) is 5.56 Å². The lowest BCUT2D eigenvalue weighted by Gasteiger charge is -2.32. The number of rotatable bonds is 10. The Bertz CT molecular complexity index is 600. The van der Waals surface area contributed by atoms with Gasteiger partial charge in [-0.1, -0.05) is 67.5 Å². The molecule has 1 aromatic rings. The van der Waals surface area contributed by atoms with Gasteiger partial charge in [-0.25, -0.2) is 0 Å². The van der Waals surface area contributed by atoms with Crippen LogP contribution in [0.15, 0.2) is 18.2 Å². The minimum Gasteiger partial charge on any atom is -0.481 e. The highest BCUT2D eigenvalue weighted by Crippen LogP contribution is 2.39. The van der Waals surface area contributed by atoms with Gasteiger partial charge in [0.2, 0.25) is 0 Å². The molecule has 0 aromatic heterocycles. The summed E-state index contributed by atoms with van der Waals surface area (Å²) in [7, 11) is 0. The SMILES string of the molecule is CCC(CC)C(Oc1ccc(C(C)(C)CC)cc1C(C)(C)CC)C(=O)Cl. The first-order valence-corrected chi connectivity index (χ1v) is 10.4. The first kappa shape index (κ1) is 23.0.